The second-order valence-corrected chi connectivity index (χ2v) is 6.44. The van der Waals surface area contributed by atoms with E-state index < -0.39 is 0 Å². The van der Waals surface area contributed by atoms with Crippen molar-refractivity contribution in [2.24, 2.45) is 0 Å². The zero-order valence-corrected chi connectivity index (χ0v) is 14.3. The van der Waals surface area contributed by atoms with Gasteiger partial charge in [0, 0.05) is 41.6 Å². The second kappa shape index (κ2) is 6.29. The van der Waals surface area contributed by atoms with Crippen LogP contribution in [0.1, 0.15) is 23.8 Å². The van der Waals surface area contributed by atoms with Crippen molar-refractivity contribution < 1.29 is 9.32 Å². The fourth-order valence-corrected chi connectivity index (χ4v) is 3.05. The standard InChI is InChI=1S/C18H15ClN4O2/c1-11-7-14(4-5-15(11)19)23-10-13(8-16(23)24)18-21-17(22-25-18)12-3-2-6-20-9-12/h2-7,9,13H,8,10H2,1H3. The monoisotopic (exact) mass is 354 g/mol. The molecule has 3 heterocycles. The van der Waals surface area contributed by atoms with Gasteiger partial charge in [0.05, 0.1) is 5.92 Å². The van der Waals surface area contributed by atoms with Crippen LogP contribution in [0.3, 0.4) is 0 Å². The quantitative estimate of drug-likeness (QED) is 0.718. The molecule has 7 heteroatoms. The molecule has 0 saturated carbocycles. The highest BCUT2D eigenvalue weighted by Gasteiger charge is 2.35. The molecule has 6 nitrogen and oxygen atoms in total. The Hall–Kier alpha value is -2.73. The summed E-state index contributed by atoms with van der Waals surface area (Å²) in [5.74, 6) is 0.867. The molecule has 1 aromatic carbocycles. The summed E-state index contributed by atoms with van der Waals surface area (Å²) >= 11 is 6.07. The first-order chi connectivity index (χ1) is 12.1. The number of hydrogen-bond acceptors (Lipinski definition) is 5. The maximum Gasteiger partial charge on any atom is 0.232 e. The van der Waals surface area contributed by atoms with E-state index in [4.69, 9.17) is 16.1 Å². The summed E-state index contributed by atoms with van der Waals surface area (Å²) in [6.07, 6.45) is 3.71. The van der Waals surface area contributed by atoms with Crippen LogP contribution in [0.5, 0.6) is 0 Å². The fraction of sp³-hybridized carbons (Fsp3) is 0.222. The van der Waals surface area contributed by atoms with Gasteiger partial charge in [-0.1, -0.05) is 16.8 Å². The molecule has 4 rings (SSSR count). The lowest BCUT2D eigenvalue weighted by atomic mass is 10.1. The number of carbonyl (C=O) groups excluding carboxylic acids is 1. The maximum absolute atomic E-state index is 12.4. The predicted octanol–water partition coefficient (Wildman–Crippen LogP) is 3.61. The van der Waals surface area contributed by atoms with Crippen molar-refractivity contribution in [3.63, 3.8) is 0 Å². The number of nitrogens with zero attached hydrogens (tertiary/aromatic N) is 4. The number of rotatable bonds is 3. The Labute approximate surface area is 149 Å². The number of anilines is 1. The van der Waals surface area contributed by atoms with E-state index in [1.807, 2.05) is 31.2 Å². The minimum atomic E-state index is -0.124. The molecule has 0 aliphatic carbocycles. The highest BCUT2D eigenvalue weighted by atomic mass is 35.5. The van der Waals surface area contributed by atoms with Crippen molar-refractivity contribution in [2.75, 3.05) is 11.4 Å². The Morgan fingerprint density at radius 2 is 2.20 bits per heavy atom. The average molecular weight is 355 g/mol. The summed E-state index contributed by atoms with van der Waals surface area (Å²) in [6, 6.07) is 9.25. The molecule has 0 bridgehead atoms. The molecule has 1 saturated heterocycles. The van der Waals surface area contributed by atoms with E-state index >= 15 is 0 Å². The van der Waals surface area contributed by atoms with Crippen LogP contribution in [0.2, 0.25) is 5.02 Å². The lowest BCUT2D eigenvalue weighted by Gasteiger charge is -2.17. The maximum atomic E-state index is 12.4. The van der Waals surface area contributed by atoms with Crippen LogP contribution in [0.15, 0.2) is 47.2 Å². The van der Waals surface area contributed by atoms with Gasteiger partial charge < -0.3 is 9.42 Å². The van der Waals surface area contributed by atoms with Gasteiger partial charge in [0.25, 0.3) is 0 Å². The van der Waals surface area contributed by atoms with Gasteiger partial charge in [-0.15, -0.1) is 0 Å². The Morgan fingerprint density at radius 3 is 2.96 bits per heavy atom. The number of pyridine rings is 1. The molecule has 2 aromatic heterocycles. The Morgan fingerprint density at radius 1 is 1.32 bits per heavy atom. The molecule has 0 N–H and O–H groups in total. The summed E-state index contributed by atoms with van der Waals surface area (Å²) in [7, 11) is 0. The van der Waals surface area contributed by atoms with Crippen molar-refractivity contribution in [1.29, 1.82) is 0 Å². The molecule has 3 aromatic rings. The van der Waals surface area contributed by atoms with E-state index in [-0.39, 0.29) is 11.8 Å². The van der Waals surface area contributed by atoms with Crippen molar-refractivity contribution in [1.82, 2.24) is 15.1 Å². The van der Waals surface area contributed by atoms with Gasteiger partial charge in [-0.25, -0.2) is 0 Å². The number of amides is 1. The fourth-order valence-electron chi connectivity index (χ4n) is 2.93. The molecule has 0 radical (unpaired) electrons. The molecule has 1 unspecified atom stereocenters. The van der Waals surface area contributed by atoms with Crippen molar-refractivity contribution in [3.05, 3.63) is 59.2 Å². The van der Waals surface area contributed by atoms with E-state index in [0.29, 0.717) is 29.7 Å². The lowest BCUT2D eigenvalue weighted by molar-refractivity contribution is -0.117. The highest BCUT2D eigenvalue weighted by Crippen LogP contribution is 2.33. The molecular formula is C18H15ClN4O2. The lowest BCUT2D eigenvalue weighted by Crippen LogP contribution is -2.24. The summed E-state index contributed by atoms with van der Waals surface area (Å²) < 4.78 is 5.39. The normalized spacial score (nSPS) is 17.3. The predicted molar refractivity (Wildman–Crippen MR) is 93.4 cm³/mol. The molecule has 0 spiro atoms. The van der Waals surface area contributed by atoms with Crippen molar-refractivity contribution in [3.8, 4) is 11.4 Å². The van der Waals surface area contributed by atoms with E-state index in [1.165, 1.54) is 0 Å². The van der Waals surface area contributed by atoms with Crippen molar-refractivity contribution >= 4 is 23.2 Å². The van der Waals surface area contributed by atoms with Crippen LogP contribution < -0.4 is 4.90 Å². The van der Waals surface area contributed by atoms with Gasteiger partial charge in [-0.05, 0) is 42.8 Å². The van der Waals surface area contributed by atoms with Gasteiger partial charge in [0.15, 0.2) is 0 Å². The number of hydrogen-bond donors (Lipinski definition) is 0. The number of halogens is 1. The summed E-state index contributed by atoms with van der Waals surface area (Å²) in [4.78, 5) is 22.7. The van der Waals surface area contributed by atoms with Crippen molar-refractivity contribution in [2.45, 2.75) is 19.3 Å². The van der Waals surface area contributed by atoms with Crippen LogP contribution in [0.4, 0.5) is 5.69 Å². The SMILES string of the molecule is Cc1cc(N2CC(c3nc(-c4cccnc4)no3)CC2=O)ccc1Cl. The summed E-state index contributed by atoms with van der Waals surface area (Å²) in [5, 5.41) is 4.69. The van der Waals surface area contributed by atoms with Crippen LogP contribution in [-0.4, -0.2) is 27.6 Å². The Kier molecular flexibility index (Phi) is 3.97. The van der Waals surface area contributed by atoms with Crippen LogP contribution in [0.25, 0.3) is 11.4 Å². The molecule has 1 amide bonds. The van der Waals surface area contributed by atoms with Gasteiger partial charge in [-0.2, -0.15) is 4.98 Å². The van der Waals surface area contributed by atoms with Crippen LogP contribution in [0, 0.1) is 6.92 Å². The Bertz CT molecular complexity index is 926. The van der Waals surface area contributed by atoms with Gasteiger partial charge >= 0.3 is 0 Å². The Balaban J connectivity index is 1.56. The zero-order valence-electron chi connectivity index (χ0n) is 13.5. The molecule has 25 heavy (non-hydrogen) atoms. The third kappa shape index (κ3) is 3.00. The van der Waals surface area contributed by atoms with Crippen LogP contribution >= 0.6 is 11.6 Å². The van der Waals surface area contributed by atoms with E-state index in [1.54, 1.807) is 23.4 Å². The molecule has 1 atom stereocenters. The average Bonchev–Trinajstić information content (AvgIpc) is 3.25. The van der Waals surface area contributed by atoms with E-state index in [2.05, 4.69) is 15.1 Å². The molecule has 1 aliphatic rings. The van der Waals surface area contributed by atoms with Gasteiger partial charge in [0.2, 0.25) is 17.6 Å². The third-order valence-electron chi connectivity index (χ3n) is 4.29. The number of aryl methyl sites for hydroxylation is 1. The van der Waals surface area contributed by atoms with Gasteiger partial charge in [0.1, 0.15) is 0 Å². The zero-order chi connectivity index (χ0) is 17.4. The molecule has 1 aliphatic heterocycles. The first-order valence-corrected chi connectivity index (χ1v) is 8.30. The third-order valence-corrected chi connectivity index (χ3v) is 4.71. The van der Waals surface area contributed by atoms with Crippen LogP contribution in [-0.2, 0) is 4.79 Å². The number of aromatic nitrogens is 3. The summed E-state index contributed by atoms with van der Waals surface area (Å²) in [6.45, 7) is 2.43. The number of carbonyl (C=O) groups is 1. The largest absolute Gasteiger partial charge is 0.339 e. The van der Waals surface area contributed by atoms with Gasteiger partial charge in [-0.3, -0.25) is 9.78 Å². The van der Waals surface area contributed by atoms with E-state index in [0.717, 1.165) is 16.8 Å². The molecule has 1 fully saturated rings. The van der Waals surface area contributed by atoms with E-state index in [9.17, 15) is 4.79 Å². The number of benzene rings is 1. The minimum absolute atomic E-state index is 0.0350. The summed E-state index contributed by atoms with van der Waals surface area (Å²) in [5.41, 5.74) is 2.56. The second-order valence-electron chi connectivity index (χ2n) is 6.04. The smallest absolute Gasteiger partial charge is 0.232 e. The topological polar surface area (TPSA) is 72.1 Å². The minimum Gasteiger partial charge on any atom is -0.339 e. The highest BCUT2D eigenvalue weighted by molar-refractivity contribution is 6.31. The molecular weight excluding hydrogens is 340 g/mol. The first kappa shape index (κ1) is 15.8. The first-order valence-electron chi connectivity index (χ1n) is 7.92. The molecule has 126 valence electrons.